The lowest BCUT2D eigenvalue weighted by Crippen LogP contribution is -2.43. The van der Waals surface area contributed by atoms with Crippen LogP contribution in [0.25, 0.3) is 0 Å². The summed E-state index contributed by atoms with van der Waals surface area (Å²) in [6.07, 6.45) is 2.02. The number of hydrogen-bond acceptors (Lipinski definition) is 4. The highest BCUT2D eigenvalue weighted by Crippen LogP contribution is 2.21. The van der Waals surface area contributed by atoms with E-state index >= 15 is 0 Å². The molecule has 0 aromatic rings. The molecule has 1 atom stereocenters. The van der Waals surface area contributed by atoms with E-state index in [9.17, 15) is 9.59 Å². The van der Waals surface area contributed by atoms with Crippen LogP contribution in [0.15, 0.2) is 0 Å². The Morgan fingerprint density at radius 1 is 1.42 bits per heavy atom. The van der Waals surface area contributed by atoms with Gasteiger partial charge in [0.2, 0.25) is 11.8 Å². The van der Waals surface area contributed by atoms with Gasteiger partial charge in [0, 0.05) is 26.8 Å². The topological polar surface area (TPSA) is 58.6 Å². The van der Waals surface area contributed by atoms with E-state index in [0.29, 0.717) is 26.1 Å². The Balaban J connectivity index is 2.46. The summed E-state index contributed by atoms with van der Waals surface area (Å²) in [5, 5.41) is 3.23. The summed E-state index contributed by atoms with van der Waals surface area (Å²) in [5.41, 5.74) is 0.0531. The largest absolute Gasteiger partial charge is 0.385 e. The summed E-state index contributed by atoms with van der Waals surface area (Å²) in [5.74, 6) is -0.131. The van der Waals surface area contributed by atoms with Gasteiger partial charge >= 0.3 is 0 Å². The van der Waals surface area contributed by atoms with Crippen LogP contribution in [0.1, 0.15) is 40.0 Å². The first-order valence-corrected chi connectivity index (χ1v) is 6.98. The molecule has 0 radical (unpaired) electrons. The van der Waals surface area contributed by atoms with Crippen molar-refractivity contribution in [2.24, 2.45) is 5.41 Å². The molecule has 1 heterocycles. The molecule has 0 bridgehead atoms. The maximum absolute atomic E-state index is 12.1. The van der Waals surface area contributed by atoms with Crippen molar-refractivity contribution in [3.05, 3.63) is 0 Å². The lowest BCUT2D eigenvalue weighted by atomic mass is 9.89. The Bertz CT molecular complexity index is 329. The van der Waals surface area contributed by atoms with Gasteiger partial charge in [-0.25, -0.2) is 0 Å². The molecule has 0 aromatic heterocycles. The first-order valence-electron chi connectivity index (χ1n) is 6.98. The fourth-order valence-electron chi connectivity index (χ4n) is 2.17. The van der Waals surface area contributed by atoms with Crippen LogP contribution < -0.4 is 5.32 Å². The van der Waals surface area contributed by atoms with Gasteiger partial charge in [0.1, 0.15) is 0 Å². The van der Waals surface area contributed by atoms with Gasteiger partial charge in [-0.1, -0.05) is 20.8 Å². The lowest BCUT2D eigenvalue weighted by molar-refractivity contribution is -0.138. The molecule has 110 valence electrons. The highest BCUT2D eigenvalue weighted by Gasteiger charge is 2.38. The predicted molar refractivity (Wildman–Crippen MR) is 73.7 cm³/mol. The Morgan fingerprint density at radius 2 is 2.11 bits per heavy atom. The average Bonchev–Trinajstić information content (AvgIpc) is 2.62. The highest BCUT2D eigenvalue weighted by atomic mass is 16.5. The second kappa shape index (κ2) is 7.01. The first-order chi connectivity index (χ1) is 8.91. The van der Waals surface area contributed by atoms with E-state index in [1.165, 1.54) is 4.90 Å². The predicted octanol–water partition coefficient (Wildman–Crippen LogP) is 1.18. The number of carbonyl (C=O) groups is 2. The second-order valence-electron chi connectivity index (χ2n) is 5.93. The molecular formula is C14H26N2O3. The maximum atomic E-state index is 12.1. The number of methoxy groups -OCH3 is 1. The number of nitrogens with zero attached hydrogens (tertiary/aromatic N) is 1. The first kappa shape index (κ1) is 16.1. The Morgan fingerprint density at radius 3 is 2.68 bits per heavy atom. The van der Waals surface area contributed by atoms with Crippen LogP contribution in [-0.4, -0.2) is 49.6 Å². The van der Waals surface area contributed by atoms with Crippen molar-refractivity contribution >= 4 is 11.8 Å². The van der Waals surface area contributed by atoms with E-state index in [2.05, 4.69) is 19.2 Å². The van der Waals surface area contributed by atoms with Gasteiger partial charge < -0.3 is 10.1 Å². The molecule has 19 heavy (non-hydrogen) atoms. The summed E-state index contributed by atoms with van der Waals surface area (Å²) in [7, 11) is 1.69. The molecule has 2 amide bonds. The van der Waals surface area contributed by atoms with Gasteiger partial charge in [-0.05, 0) is 18.3 Å². The summed E-state index contributed by atoms with van der Waals surface area (Å²) in [4.78, 5) is 25.2. The summed E-state index contributed by atoms with van der Waals surface area (Å²) in [6, 6.07) is -0.346. The van der Waals surface area contributed by atoms with Gasteiger partial charge in [0.15, 0.2) is 0 Å². The van der Waals surface area contributed by atoms with Crippen molar-refractivity contribution in [2.45, 2.75) is 46.1 Å². The third kappa shape index (κ3) is 4.58. The molecule has 1 unspecified atom stereocenters. The molecule has 5 nitrogen and oxygen atoms in total. The zero-order valence-electron chi connectivity index (χ0n) is 12.5. The minimum absolute atomic E-state index is 0.0531. The smallest absolute Gasteiger partial charge is 0.246 e. The summed E-state index contributed by atoms with van der Waals surface area (Å²) < 4.78 is 5.08. The van der Waals surface area contributed by atoms with Crippen LogP contribution in [0, 0.1) is 5.41 Å². The number of rotatable bonds is 8. The minimum atomic E-state index is -0.346. The zero-order valence-corrected chi connectivity index (χ0v) is 12.5. The van der Waals surface area contributed by atoms with Gasteiger partial charge in [0.25, 0.3) is 0 Å². The molecule has 1 aliphatic heterocycles. The molecule has 1 saturated heterocycles. The van der Waals surface area contributed by atoms with Crippen LogP contribution in [0.2, 0.25) is 0 Å². The molecule has 0 saturated carbocycles. The summed E-state index contributed by atoms with van der Waals surface area (Å²) >= 11 is 0. The maximum Gasteiger partial charge on any atom is 0.246 e. The van der Waals surface area contributed by atoms with Crippen molar-refractivity contribution in [1.29, 1.82) is 0 Å². The van der Waals surface area contributed by atoms with Crippen LogP contribution in [0.3, 0.4) is 0 Å². The van der Waals surface area contributed by atoms with Crippen LogP contribution >= 0.6 is 0 Å². The molecule has 0 aromatic carbocycles. The number of amides is 2. The normalized spacial score (nSPS) is 20.4. The van der Waals surface area contributed by atoms with Gasteiger partial charge in [0.05, 0.1) is 12.5 Å². The average molecular weight is 270 g/mol. The van der Waals surface area contributed by atoms with E-state index in [4.69, 9.17) is 4.74 Å². The Kier molecular flexibility index (Phi) is 5.94. The number of ether oxygens (including phenoxy) is 1. The molecule has 1 N–H and O–H groups in total. The van der Waals surface area contributed by atoms with Crippen LogP contribution in [-0.2, 0) is 14.3 Å². The number of nitrogens with one attached hydrogen (secondary N) is 1. The van der Waals surface area contributed by atoms with E-state index in [1.807, 2.05) is 6.92 Å². The van der Waals surface area contributed by atoms with Crippen LogP contribution in [0.4, 0.5) is 0 Å². The molecular weight excluding hydrogens is 244 g/mol. The van der Waals surface area contributed by atoms with Crippen molar-refractivity contribution < 1.29 is 14.3 Å². The summed E-state index contributed by atoms with van der Waals surface area (Å²) in [6.45, 7) is 8.17. The fourth-order valence-corrected chi connectivity index (χ4v) is 2.17. The molecule has 1 aliphatic rings. The van der Waals surface area contributed by atoms with Crippen LogP contribution in [0.5, 0.6) is 0 Å². The minimum Gasteiger partial charge on any atom is -0.385 e. The van der Waals surface area contributed by atoms with E-state index in [-0.39, 0.29) is 23.3 Å². The van der Waals surface area contributed by atoms with E-state index in [1.54, 1.807) is 7.11 Å². The number of hydrogen-bond donors (Lipinski definition) is 1. The second-order valence-corrected chi connectivity index (χ2v) is 5.93. The quantitative estimate of drug-likeness (QED) is 0.673. The van der Waals surface area contributed by atoms with E-state index < -0.39 is 0 Å². The molecule has 0 aliphatic carbocycles. The molecule has 1 fully saturated rings. The van der Waals surface area contributed by atoms with Crippen molar-refractivity contribution in [1.82, 2.24) is 10.2 Å². The third-order valence-electron chi connectivity index (χ3n) is 3.50. The third-order valence-corrected chi connectivity index (χ3v) is 3.50. The molecule has 1 rings (SSSR count). The Hall–Kier alpha value is -0.940. The van der Waals surface area contributed by atoms with Gasteiger partial charge in [-0.3, -0.25) is 14.5 Å². The number of likely N-dealkylation sites (tertiary alicyclic amines) is 1. The van der Waals surface area contributed by atoms with Crippen molar-refractivity contribution in [3.63, 3.8) is 0 Å². The SMILES string of the molecule is CCCN1C(=O)CC(NCC(C)(C)CCOC)C1=O. The standard InChI is InChI=1S/C14H26N2O3/c1-5-7-16-12(17)9-11(13(16)18)15-10-14(2,3)6-8-19-4/h11,15H,5-10H2,1-4H3. The Labute approximate surface area is 115 Å². The zero-order chi connectivity index (χ0) is 14.5. The fraction of sp³-hybridized carbons (Fsp3) is 0.857. The van der Waals surface area contributed by atoms with Crippen molar-refractivity contribution in [3.8, 4) is 0 Å². The van der Waals surface area contributed by atoms with Gasteiger partial charge in [-0.15, -0.1) is 0 Å². The van der Waals surface area contributed by atoms with Crippen molar-refractivity contribution in [2.75, 3.05) is 26.8 Å². The number of imide groups is 1. The lowest BCUT2D eigenvalue weighted by Gasteiger charge is -2.26. The molecule has 0 spiro atoms. The molecule has 5 heteroatoms. The number of carbonyl (C=O) groups excluding carboxylic acids is 2. The van der Waals surface area contributed by atoms with Gasteiger partial charge in [-0.2, -0.15) is 0 Å². The highest BCUT2D eigenvalue weighted by molar-refractivity contribution is 6.05. The van der Waals surface area contributed by atoms with E-state index in [0.717, 1.165) is 12.8 Å². The monoisotopic (exact) mass is 270 g/mol.